The maximum Gasteiger partial charge on any atom is 0.253 e. The van der Waals surface area contributed by atoms with Gasteiger partial charge in [-0.3, -0.25) is 14.4 Å². The van der Waals surface area contributed by atoms with Gasteiger partial charge in [-0.1, -0.05) is 0 Å². The Kier molecular flexibility index (Phi) is 10.3. The maximum absolute atomic E-state index is 13.1. The van der Waals surface area contributed by atoms with E-state index in [1.165, 1.54) is 0 Å². The highest BCUT2D eigenvalue weighted by Crippen LogP contribution is 2.38. The molecule has 0 saturated carbocycles. The van der Waals surface area contributed by atoms with Crippen molar-refractivity contribution < 1.29 is 45.4 Å². The van der Waals surface area contributed by atoms with Gasteiger partial charge in [0.05, 0.1) is 68.0 Å². The van der Waals surface area contributed by atoms with E-state index in [1.54, 1.807) is 73.1 Å². The van der Waals surface area contributed by atoms with Crippen molar-refractivity contribution >= 4 is 91.2 Å². The molecular formula is C18H24I3N3O8. The van der Waals surface area contributed by atoms with Gasteiger partial charge in [-0.15, -0.1) is 0 Å². The minimum Gasteiger partial charge on any atom is -0.395 e. The van der Waals surface area contributed by atoms with E-state index in [0.717, 1.165) is 11.8 Å². The highest BCUT2D eigenvalue weighted by molar-refractivity contribution is 14.1. The van der Waals surface area contributed by atoms with E-state index < -0.39 is 62.7 Å². The molecule has 7 N–H and O–H groups in total. The van der Waals surface area contributed by atoms with Gasteiger partial charge in [0.15, 0.2) is 0 Å². The summed E-state index contributed by atoms with van der Waals surface area (Å²) in [4.78, 5) is 39.7. The Labute approximate surface area is 231 Å². The fraction of sp³-hybridized carbons (Fsp3) is 0.500. The van der Waals surface area contributed by atoms with Crippen molar-refractivity contribution in [3.63, 3.8) is 0 Å². The zero-order chi connectivity index (χ0) is 28.2. The molecule has 0 aliphatic heterocycles. The number of halogens is 3. The summed E-state index contributed by atoms with van der Waals surface area (Å²) in [5.41, 5.74) is -0.529. The fourth-order valence-corrected chi connectivity index (χ4v) is 7.17. The molecule has 180 valence electrons. The van der Waals surface area contributed by atoms with Crippen LogP contribution in [0.3, 0.4) is 0 Å². The van der Waals surface area contributed by atoms with Gasteiger partial charge in [0.25, 0.3) is 11.8 Å². The van der Waals surface area contributed by atoms with Gasteiger partial charge in [-0.2, -0.15) is 0 Å². The zero-order valence-electron chi connectivity index (χ0n) is 20.5. The smallest absolute Gasteiger partial charge is 0.253 e. The highest BCUT2D eigenvalue weighted by atomic mass is 127. The Morgan fingerprint density at radius 3 is 1.88 bits per heavy atom. The second kappa shape index (κ2) is 14.1. The molecule has 0 aliphatic carbocycles. The molecule has 0 heterocycles. The van der Waals surface area contributed by atoms with Gasteiger partial charge in [-0.25, -0.2) is 0 Å². The van der Waals surface area contributed by atoms with E-state index in [-0.39, 0.29) is 34.1 Å². The van der Waals surface area contributed by atoms with Crippen molar-refractivity contribution in [1.29, 1.82) is 0 Å². The molecule has 0 aliphatic rings. The number of amides is 3. The first-order valence-corrected chi connectivity index (χ1v) is 12.0. The number of carbonyl (C=O) groups is 3. The minimum atomic E-state index is -3.47. The lowest BCUT2D eigenvalue weighted by molar-refractivity contribution is -0.117. The van der Waals surface area contributed by atoms with Crippen molar-refractivity contribution in [3.8, 4) is 0 Å². The predicted octanol–water partition coefficient (Wildman–Crippen LogP) is -0.988. The number of nitrogens with one attached hydrogen (secondary N) is 2. The van der Waals surface area contributed by atoms with E-state index in [0.29, 0.717) is 0 Å². The largest absolute Gasteiger partial charge is 0.395 e. The van der Waals surface area contributed by atoms with Crippen LogP contribution < -0.4 is 15.5 Å². The van der Waals surface area contributed by atoms with Gasteiger partial charge in [0, 0.05) is 23.5 Å². The van der Waals surface area contributed by atoms with Crippen molar-refractivity contribution in [1.82, 2.24) is 10.6 Å². The number of anilines is 1. The van der Waals surface area contributed by atoms with Gasteiger partial charge in [-0.05, 0) is 67.8 Å². The number of rotatable bonds is 11. The van der Waals surface area contributed by atoms with Crippen LogP contribution in [0.5, 0.6) is 0 Å². The lowest BCUT2D eigenvalue weighted by atomic mass is 10.1. The summed E-state index contributed by atoms with van der Waals surface area (Å²) in [6.07, 6.45) is -2.67. The van der Waals surface area contributed by atoms with Crippen LogP contribution in [-0.4, -0.2) is 94.8 Å². The molecule has 0 radical (unpaired) electrons. The van der Waals surface area contributed by atoms with Gasteiger partial charge >= 0.3 is 0 Å². The Bertz CT molecular complexity index is 1010. The van der Waals surface area contributed by atoms with E-state index in [1.807, 2.05) is 0 Å². The van der Waals surface area contributed by atoms with Gasteiger partial charge < -0.3 is 41.1 Å². The van der Waals surface area contributed by atoms with Crippen LogP contribution in [0.1, 0.15) is 33.1 Å². The summed E-state index contributed by atoms with van der Waals surface area (Å²) in [5, 5.41) is 51.4. The number of aliphatic hydroxyl groups excluding tert-OH is 4. The molecule has 2 unspecified atom stereocenters. The molecule has 2 atom stereocenters. The summed E-state index contributed by atoms with van der Waals surface area (Å²) in [6.45, 7) is -7.71. The summed E-state index contributed by atoms with van der Waals surface area (Å²) < 4.78 is 30.0. The van der Waals surface area contributed by atoms with Crippen LogP contribution in [0.2, 0.25) is 0 Å². The molecule has 14 heteroatoms. The number of aliphatic hydroxyl groups is 5. The topological polar surface area (TPSA) is 180 Å². The van der Waals surface area contributed by atoms with Crippen LogP contribution >= 0.6 is 67.8 Å². The molecule has 0 fully saturated rings. The maximum atomic E-state index is 13.1. The van der Waals surface area contributed by atoms with E-state index >= 15 is 0 Å². The van der Waals surface area contributed by atoms with E-state index in [2.05, 4.69) is 5.32 Å². The van der Waals surface area contributed by atoms with Crippen LogP contribution in [-0.2, 0) is 4.79 Å². The SMILES string of the molecule is [2H]C([2H])(O)C([2H])([2H])NC(=O)c1c(I)c(C(=O)NCC(O)CO)c(I)c(N(CC(O)CO)C(C)=O)c1I. The lowest BCUT2D eigenvalue weighted by Crippen LogP contribution is -2.40. The highest BCUT2D eigenvalue weighted by Gasteiger charge is 2.32. The van der Waals surface area contributed by atoms with Crippen molar-refractivity contribution in [2.45, 2.75) is 19.1 Å². The number of hydrogen-bond donors (Lipinski definition) is 7. The Morgan fingerprint density at radius 2 is 1.44 bits per heavy atom. The molecule has 1 aromatic carbocycles. The first kappa shape index (κ1) is 23.4. The Hall–Kier alpha value is -0.380. The van der Waals surface area contributed by atoms with Crippen molar-refractivity contribution in [2.24, 2.45) is 0 Å². The first-order chi connectivity index (χ1) is 16.4. The average molecular weight is 795 g/mol. The third-order valence-corrected chi connectivity index (χ3v) is 7.12. The minimum absolute atomic E-state index is 0.0257. The van der Waals surface area contributed by atoms with Crippen LogP contribution in [0.15, 0.2) is 0 Å². The normalized spacial score (nSPS) is 15.5. The quantitative estimate of drug-likeness (QED) is 0.140. The average Bonchev–Trinajstić information content (AvgIpc) is 2.75. The van der Waals surface area contributed by atoms with Crippen LogP contribution in [0, 0.1) is 10.7 Å². The summed E-state index contributed by atoms with van der Waals surface area (Å²) >= 11 is 5.05. The number of nitrogens with zero attached hydrogens (tertiary/aromatic N) is 1. The molecule has 3 amide bonds. The molecule has 0 bridgehead atoms. The monoisotopic (exact) mass is 795 g/mol. The molecule has 0 aromatic heterocycles. The van der Waals surface area contributed by atoms with Gasteiger partial charge in [0.2, 0.25) is 5.91 Å². The molecular weight excluding hydrogens is 767 g/mol. The second-order valence-electron chi connectivity index (χ2n) is 6.24. The van der Waals surface area contributed by atoms with Crippen molar-refractivity contribution in [2.75, 3.05) is 44.3 Å². The van der Waals surface area contributed by atoms with E-state index in [9.17, 15) is 34.8 Å². The Morgan fingerprint density at radius 1 is 0.938 bits per heavy atom. The number of benzene rings is 1. The third kappa shape index (κ3) is 7.57. The third-order valence-electron chi connectivity index (χ3n) is 3.94. The molecule has 0 saturated heterocycles. The van der Waals surface area contributed by atoms with E-state index in [4.69, 9.17) is 10.6 Å². The molecule has 32 heavy (non-hydrogen) atoms. The second-order valence-corrected chi connectivity index (χ2v) is 9.48. The first-order valence-electron chi connectivity index (χ1n) is 10.8. The Balaban J connectivity index is 3.88. The molecule has 0 spiro atoms. The molecule has 1 aromatic rings. The summed E-state index contributed by atoms with van der Waals surface area (Å²) in [7, 11) is 0. The number of hydrogen-bond acceptors (Lipinski definition) is 8. The lowest BCUT2D eigenvalue weighted by Gasteiger charge is -2.28. The van der Waals surface area contributed by atoms with Crippen LogP contribution in [0.25, 0.3) is 0 Å². The molecule has 1 rings (SSSR count). The fourth-order valence-electron chi connectivity index (χ4n) is 2.44. The molecule has 11 nitrogen and oxygen atoms in total. The summed E-state index contributed by atoms with van der Waals surface area (Å²) in [5.74, 6) is -2.68. The number of carbonyl (C=O) groups excluding carboxylic acids is 3. The zero-order valence-corrected chi connectivity index (χ0v) is 23.0. The standard InChI is InChI=1S/C18H24I3N3O8/c1-8(28)24(5-10(30)7-27)16-14(20)11(17(31)22-2-3-25)13(19)12(15(16)21)18(32)23-4-9(29)6-26/h9-10,25-27,29-30H,2-7H2,1H3,(H,22,31)(H,23,32)/i2D2,3D2. The summed E-state index contributed by atoms with van der Waals surface area (Å²) in [6, 6.07) is 0. The van der Waals surface area contributed by atoms with Gasteiger partial charge in [0.1, 0.15) is 0 Å². The predicted molar refractivity (Wildman–Crippen MR) is 141 cm³/mol. The van der Waals surface area contributed by atoms with Crippen LogP contribution in [0.4, 0.5) is 5.69 Å². The van der Waals surface area contributed by atoms with Crippen molar-refractivity contribution in [3.05, 3.63) is 21.8 Å².